The predicted molar refractivity (Wildman–Crippen MR) is 72.0 cm³/mol. The maximum atomic E-state index is 4.54. The van der Waals surface area contributed by atoms with Gasteiger partial charge in [-0.2, -0.15) is 0 Å². The minimum absolute atomic E-state index is 0.698. The molecule has 0 saturated heterocycles. The van der Waals surface area contributed by atoms with Crippen LogP contribution in [0.15, 0.2) is 30.5 Å². The monoisotopic (exact) mass is 242 g/mol. The molecule has 18 heavy (non-hydrogen) atoms. The zero-order valence-electron chi connectivity index (χ0n) is 10.8. The fraction of sp³-hybridized carbons (Fsp3) is 0.357. The maximum absolute atomic E-state index is 4.54. The Morgan fingerprint density at radius 2 is 2.11 bits per heavy atom. The third-order valence-corrected chi connectivity index (χ3v) is 2.53. The number of nitrogens with zero attached hydrogens (tertiary/aromatic N) is 3. The lowest BCUT2D eigenvalue weighted by Crippen LogP contribution is -2.15. The lowest BCUT2D eigenvalue weighted by Gasteiger charge is -2.06. The Bertz CT molecular complexity index is 496. The molecule has 0 spiro atoms. The van der Waals surface area contributed by atoms with Gasteiger partial charge in [0.05, 0.1) is 5.69 Å². The molecule has 1 N–H and O–H groups in total. The molecular formula is C14H18N4. The second kappa shape index (κ2) is 6.21. The van der Waals surface area contributed by atoms with Crippen molar-refractivity contribution in [3.05, 3.63) is 41.9 Å². The number of nitrogens with one attached hydrogen (secondary N) is 1. The van der Waals surface area contributed by atoms with Crippen molar-refractivity contribution in [2.24, 2.45) is 0 Å². The predicted octanol–water partition coefficient (Wildman–Crippen LogP) is 2.35. The number of hydrogen-bond acceptors (Lipinski definition) is 4. The largest absolute Gasteiger partial charge is 0.311 e. The number of aromatic nitrogens is 3. The molecule has 94 valence electrons. The highest BCUT2D eigenvalue weighted by Crippen LogP contribution is 2.12. The molecule has 0 amide bonds. The molecule has 0 atom stereocenters. The van der Waals surface area contributed by atoms with Crippen LogP contribution in [0.5, 0.6) is 0 Å². The van der Waals surface area contributed by atoms with Gasteiger partial charge in [-0.15, -0.1) is 0 Å². The van der Waals surface area contributed by atoms with Gasteiger partial charge in [-0.25, -0.2) is 9.97 Å². The van der Waals surface area contributed by atoms with Crippen LogP contribution in [-0.4, -0.2) is 21.5 Å². The molecule has 0 unspecified atom stereocenters. The van der Waals surface area contributed by atoms with Crippen LogP contribution in [0.3, 0.4) is 0 Å². The van der Waals surface area contributed by atoms with Gasteiger partial charge in [0.15, 0.2) is 5.82 Å². The van der Waals surface area contributed by atoms with Gasteiger partial charge in [-0.3, -0.25) is 4.98 Å². The van der Waals surface area contributed by atoms with Gasteiger partial charge < -0.3 is 5.32 Å². The Morgan fingerprint density at radius 1 is 1.22 bits per heavy atom. The Labute approximate surface area is 108 Å². The van der Waals surface area contributed by atoms with Gasteiger partial charge in [-0.05, 0) is 38.1 Å². The number of aryl methyl sites for hydroxylation is 1. The van der Waals surface area contributed by atoms with Gasteiger partial charge in [0.25, 0.3) is 0 Å². The summed E-state index contributed by atoms with van der Waals surface area (Å²) in [5, 5.41) is 3.35. The Balaban J connectivity index is 2.21. The molecule has 4 heteroatoms. The van der Waals surface area contributed by atoms with E-state index in [1.807, 2.05) is 31.2 Å². The molecule has 2 rings (SSSR count). The molecule has 0 saturated carbocycles. The molecule has 2 heterocycles. The Hall–Kier alpha value is -1.81. The summed E-state index contributed by atoms with van der Waals surface area (Å²) in [5.74, 6) is 0.698. The maximum Gasteiger partial charge on any atom is 0.178 e. The highest BCUT2D eigenvalue weighted by Gasteiger charge is 2.05. The van der Waals surface area contributed by atoms with Gasteiger partial charge in [-0.1, -0.05) is 13.0 Å². The molecule has 0 aliphatic heterocycles. The molecule has 0 aliphatic rings. The average molecular weight is 242 g/mol. The lowest BCUT2D eigenvalue weighted by atomic mass is 10.3. The average Bonchev–Trinajstić information content (AvgIpc) is 2.39. The summed E-state index contributed by atoms with van der Waals surface area (Å²) in [5.41, 5.74) is 2.80. The molecular weight excluding hydrogens is 224 g/mol. The van der Waals surface area contributed by atoms with Crippen LogP contribution < -0.4 is 5.32 Å². The van der Waals surface area contributed by atoms with Crippen LogP contribution in [0.1, 0.15) is 24.7 Å². The fourth-order valence-electron chi connectivity index (χ4n) is 1.73. The molecule has 2 aromatic rings. The zero-order valence-corrected chi connectivity index (χ0v) is 10.8. The first-order valence-corrected chi connectivity index (χ1v) is 6.26. The van der Waals surface area contributed by atoms with Crippen LogP contribution in [0.2, 0.25) is 0 Å². The first-order valence-electron chi connectivity index (χ1n) is 6.26. The highest BCUT2D eigenvalue weighted by molar-refractivity contribution is 5.48. The molecule has 2 aromatic heterocycles. The van der Waals surface area contributed by atoms with E-state index >= 15 is 0 Å². The van der Waals surface area contributed by atoms with E-state index in [1.165, 1.54) is 0 Å². The summed E-state index contributed by atoms with van der Waals surface area (Å²) in [4.78, 5) is 13.3. The van der Waals surface area contributed by atoms with E-state index in [9.17, 15) is 0 Å². The first kappa shape index (κ1) is 12.6. The minimum Gasteiger partial charge on any atom is -0.311 e. The summed E-state index contributed by atoms with van der Waals surface area (Å²) in [7, 11) is 0. The standard InChI is InChI=1S/C14H18N4/c1-3-7-15-10-12-9-11(2)17-14(18-12)13-6-4-5-8-16-13/h4-6,8-9,15H,3,7,10H2,1-2H3. The first-order chi connectivity index (χ1) is 8.79. The van der Waals surface area contributed by atoms with E-state index in [0.717, 1.165) is 36.6 Å². The van der Waals surface area contributed by atoms with Crippen LogP contribution in [-0.2, 0) is 6.54 Å². The van der Waals surface area contributed by atoms with Crippen molar-refractivity contribution in [3.63, 3.8) is 0 Å². The molecule has 0 bridgehead atoms. The molecule has 0 aliphatic carbocycles. The second-order valence-corrected chi connectivity index (χ2v) is 4.22. The van der Waals surface area contributed by atoms with Crippen LogP contribution in [0.4, 0.5) is 0 Å². The van der Waals surface area contributed by atoms with Crippen LogP contribution in [0.25, 0.3) is 11.5 Å². The minimum atomic E-state index is 0.698. The fourth-order valence-corrected chi connectivity index (χ4v) is 1.73. The van der Waals surface area contributed by atoms with Crippen molar-refractivity contribution in [3.8, 4) is 11.5 Å². The smallest absolute Gasteiger partial charge is 0.178 e. The number of pyridine rings is 1. The summed E-state index contributed by atoms with van der Waals surface area (Å²) >= 11 is 0. The van der Waals surface area contributed by atoms with Crippen LogP contribution in [0, 0.1) is 6.92 Å². The Kier molecular flexibility index (Phi) is 4.36. The van der Waals surface area contributed by atoms with E-state index in [-0.39, 0.29) is 0 Å². The SMILES string of the molecule is CCCNCc1cc(C)nc(-c2ccccn2)n1. The summed E-state index contributed by atoms with van der Waals surface area (Å²) in [6.45, 7) is 5.91. The third-order valence-electron chi connectivity index (χ3n) is 2.53. The van der Waals surface area contributed by atoms with Crippen molar-refractivity contribution in [1.29, 1.82) is 0 Å². The van der Waals surface area contributed by atoms with Crippen molar-refractivity contribution in [2.75, 3.05) is 6.54 Å². The highest BCUT2D eigenvalue weighted by atomic mass is 15.0. The number of hydrogen-bond donors (Lipinski definition) is 1. The second-order valence-electron chi connectivity index (χ2n) is 4.22. The molecule has 0 fully saturated rings. The van der Waals surface area contributed by atoms with Gasteiger partial charge >= 0.3 is 0 Å². The van der Waals surface area contributed by atoms with E-state index in [1.54, 1.807) is 6.20 Å². The van der Waals surface area contributed by atoms with Crippen molar-refractivity contribution in [2.45, 2.75) is 26.8 Å². The summed E-state index contributed by atoms with van der Waals surface area (Å²) in [6.07, 6.45) is 2.88. The third kappa shape index (κ3) is 3.34. The van der Waals surface area contributed by atoms with E-state index in [4.69, 9.17) is 0 Å². The van der Waals surface area contributed by atoms with Crippen molar-refractivity contribution >= 4 is 0 Å². The molecule has 4 nitrogen and oxygen atoms in total. The van der Waals surface area contributed by atoms with E-state index < -0.39 is 0 Å². The van der Waals surface area contributed by atoms with Crippen LogP contribution >= 0.6 is 0 Å². The van der Waals surface area contributed by atoms with Gasteiger partial charge in [0, 0.05) is 18.4 Å². The molecule has 0 radical (unpaired) electrons. The summed E-state index contributed by atoms with van der Waals surface area (Å²) in [6, 6.07) is 7.78. The molecule has 0 aromatic carbocycles. The van der Waals surface area contributed by atoms with Gasteiger partial charge in [0.2, 0.25) is 0 Å². The Morgan fingerprint density at radius 3 is 2.83 bits per heavy atom. The van der Waals surface area contributed by atoms with Crippen molar-refractivity contribution < 1.29 is 0 Å². The van der Waals surface area contributed by atoms with E-state index in [2.05, 4.69) is 27.2 Å². The summed E-state index contributed by atoms with van der Waals surface area (Å²) < 4.78 is 0. The van der Waals surface area contributed by atoms with E-state index in [0.29, 0.717) is 5.82 Å². The zero-order chi connectivity index (χ0) is 12.8. The topological polar surface area (TPSA) is 50.7 Å². The quantitative estimate of drug-likeness (QED) is 0.818. The number of rotatable bonds is 5. The normalized spacial score (nSPS) is 10.6. The van der Waals surface area contributed by atoms with Gasteiger partial charge in [0.1, 0.15) is 5.69 Å². The van der Waals surface area contributed by atoms with Crippen molar-refractivity contribution in [1.82, 2.24) is 20.3 Å². The lowest BCUT2D eigenvalue weighted by molar-refractivity contribution is 0.662.